The molecule has 1 amide bonds. The Morgan fingerprint density at radius 1 is 1.10 bits per heavy atom. The first-order valence-electron chi connectivity index (χ1n) is 9.89. The van der Waals surface area contributed by atoms with Gasteiger partial charge in [-0.25, -0.2) is 14.1 Å². The van der Waals surface area contributed by atoms with Gasteiger partial charge in [0.25, 0.3) is 0 Å². The first-order valence-corrected chi connectivity index (χ1v) is 9.89. The van der Waals surface area contributed by atoms with E-state index in [-0.39, 0.29) is 30.4 Å². The lowest BCUT2D eigenvalue weighted by Gasteiger charge is -2.07. The summed E-state index contributed by atoms with van der Waals surface area (Å²) in [5.74, 6) is -0.994. The second-order valence-corrected chi connectivity index (χ2v) is 7.40. The molecule has 0 saturated heterocycles. The predicted octanol–water partition coefficient (Wildman–Crippen LogP) is 3.59. The summed E-state index contributed by atoms with van der Waals surface area (Å²) in [7, 11) is 0. The van der Waals surface area contributed by atoms with Gasteiger partial charge in [0.15, 0.2) is 5.69 Å². The number of benzene rings is 1. The Morgan fingerprint density at radius 3 is 2.65 bits per heavy atom. The minimum absolute atomic E-state index is 0.0179. The van der Waals surface area contributed by atoms with Crippen LogP contribution in [0.5, 0.6) is 0 Å². The third-order valence-electron chi connectivity index (χ3n) is 5.15. The van der Waals surface area contributed by atoms with Crippen molar-refractivity contribution >= 4 is 11.9 Å². The van der Waals surface area contributed by atoms with E-state index < -0.39 is 17.8 Å². The second kappa shape index (κ2) is 8.48. The van der Waals surface area contributed by atoms with Crippen LogP contribution in [-0.4, -0.2) is 30.5 Å². The smallest absolute Gasteiger partial charge is 0.292 e. The Labute approximate surface area is 175 Å². The highest BCUT2D eigenvalue weighted by Crippen LogP contribution is 2.35. The van der Waals surface area contributed by atoms with Crippen molar-refractivity contribution in [1.29, 1.82) is 0 Å². The normalized spacial score (nSPS) is 14.2. The molecular weight excluding hydrogens is 416 g/mol. The van der Waals surface area contributed by atoms with Crippen LogP contribution in [0.2, 0.25) is 0 Å². The number of hydrogen-bond donors (Lipinski definition) is 1. The highest BCUT2D eigenvalue weighted by atomic mass is 19.4. The van der Waals surface area contributed by atoms with E-state index in [1.165, 1.54) is 17.1 Å². The molecule has 2 aromatic heterocycles. The van der Waals surface area contributed by atoms with Gasteiger partial charge in [0.2, 0.25) is 11.9 Å². The first-order chi connectivity index (χ1) is 14.8. The summed E-state index contributed by atoms with van der Waals surface area (Å²) in [6, 6.07) is 6.21. The fraction of sp³-hybridized carbons (Fsp3) is 0.400. The van der Waals surface area contributed by atoms with Crippen LogP contribution in [0.25, 0.3) is 0 Å². The zero-order valence-electron chi connectivity index (χ0n) is 16.5. The Hall–Kier alpha value is -3.24. The summed E-state index contributed by atoms with van der Waals surface area (Å²) in [4.78, 5) is 16.4. The van der Waals surface area contributed by atoms with Crippen molar-refractivity contribution in [2.45, 2.75) is 51.4 Å². The number of anilines is 1. The lowest BCUT2D eigenvalue weighted by molar-refractivity contribution is -0.142. The number of alkyl halides is 3. The van der Waals surface area contributed by atoms with E-state index in [1.807, 2.05) is 0 Å². The van der Waals surface area contributed by atoms with Gasteiger partial charge in [-0.1, -0.05) is 24.6 Å². The Bertz CT molecular complexity index is 1090. The SMILES string of the molecule is O=C(Cn1nc(C(F)(F)F)c2c1CCCCC2)Nc1ncn(Cc2ccccc2F)n1. The Kier molecular flexibility index (Phi) is 5.75. The van der Waals surface area contributed by atoms with E-state index in [1.54, 1.807) is 18.2 Å². The number of fused-ring (bicyclic) bond motifs is 1. The minimum Gasteiger partial charge on any atom is -0.292 e. The topological polar surface area (TPSA) is 77.6 Å². The Morgan fingerprint density at radius 2 is 1.87 bits per heavy atom. The van der Waals surface area contributed by atoms with Crippen LogP contribution in [0.1, 0.15) is 41.8 Å². The Balaban J connectivity index is 1.47. The minimum atomic E-state index is -4.57. The van der Waals surface area contributed by atoms with Gasteiger partial charge in [0.05, 0.1) is 6.54 Å². The number of nitrogens with zero attached hydrogens (tertiary/aromatic N) is 5. The molecule has 3 aromatic rings. The number of nitrogens with one attached hydrogen (secondary N) is 1. The molecule has 0 fully saturated rings. The van der Waals surface area contributed by atoms with Gasteiger partial charge in [-0.2, -0.15) is 18.3 Å². The van der Waals surface area contributed by atoms with Crippen molar-refractivity contribution in [2.75, 3.05) is 5.32 Å². The number of hydrogen-bond acceptors (Lipinski definition) is 4. The number of halogens is 4. The standard InChI is InChI=1S/C20H20F4N6O/c21-15-8-5-4-6-13(15)10-29-12-25-19(28-29)26-17(31)11-30-16-9-3-1-2-7-14(16)18(27-30)20(22,23)24/h4-6,8,12H,1-3,7,9-11H2,(H,26,28,31). The molecule has 0 radical (unpaired) electrons. The van der Waals surface area contributed by atoms with Crippen LogP contribution in [0.3, 0.4) is 0 Å². The number of rotatable bonds is 5. The number of carbonyl (C=O) groups is 1. The summed E-state index contributed by atoms with van der Waals surface area (Å²) in [5, 5.41) is 10.2. The summed E-state index contributed by atoms with van der Waals surface area (Å²) in [6.07, 6.45) is -0.236. The molecule has 0 spiro atoms. The predicted molar refractivity (Wildman–Crippen MR) is 103 cm³/mol. The highest BCUT2D eigenvalue weighted by molar-refractivity contribution is 5.88. The molecule has 1 N–H and O–H groups in total. The van der Waals surface area contributed by atoms with Gasteiger partial charge < -0.3 is 0 Å². The molecule has 164 valence electrons. The summed E-state index contributed by atoms with van der Waals surface area (Å²) >= 11 is 0. The van der Waals surface area contributed by atoms with Crippen molar-refractivity contribution in [3.8, 4) is 0 Å². The molecule has 11 heteroatoms. The van der Waals surface area contributed by atoms with Crippen molar-refractivity contribution in [3.63, 3.8) is 0 Å². The molecule has 7 nitrogen and oxygen atoms in total. The van der Waals surface area contributed by atoms with Crippen molar-refractivity contribution in [1.82, 2.24) is 24.5 Å². The molecule has 1 aliphatic carbocycles. The lowest BCUT2D eigenvalue weighted by Crippen LogP contribution is -2.22. The summed E-state index contributed by atoms with van der Waals surface area (Å²) < 4.78 is 56.4. The fourth-order valence-corrected chi connectivity index (χ4v) is 3.74. The quantitative estimate of drug-likeness (QED) is 0.490. The van der Waals surface area contributed by atoms with Crippen LogP contribution >= 0.6 is 0 Å². The molecule has 1 aliphatic rings. The maximum Gasteiger partial charge on any atom is 0.435 e. The molecule has 31 heavy (non-hydrogen) atoms. The second-order valence-electron chi connectivity index (χ2n) is 7.40. The molecule has 2 heterocycles. The average Bonchev–Trinajstić information content (AvgIpc) is 3.19. The maximum atomic E-state index is 13.8. The van der Waals surface area contributed by atoms with E-state index in [2.05, 4.69) is 20.5 Å². The van der Waals surface area contributed by atoms with Crippen molar-refractivity contribution in [3.05, 3.63) is 58.9 Å². The molecular formula is C20H20F4N6O. The molecule has 0 atom stereocenters. The monoisotopic (exact) mass is 436 g/mol. The maximum absolute atomic E-state index is 13.8. The third-order valence-corrected chi connectivity index (χ3v) is 5.15. The summed E-state index contributed by atoms with van der Waals surface area (Å²) in [5.41, 5.74) is 0.136. The van der Waals surface area contributed by atoms with Gasteiger partial charge in [-0.05, 0) is 31.7 Å². The van der Waals surface area contributed by atoms with E-state index in [0.717, 1.165) is 17.5 Å². The van der Waals surface area contributed by atoms with Crippen LogP contribution < -0.4 is 5.32 Å². The van der Waals surface area contributed by atoms with Crippen molar-refractivity contribution in [2.24, 2.45) is 0 Å². The lowest BCUT2D eigenvalue weighted by atomic mass is 10.1. The van der Waals surface area contributed by atoms with Crippen LogP contribution in [0, 0.1) is 5.82 Å². The van der Waals surface area contributed by atoms with Gasteiger partial charge >= 0.3 is 6.18 Å². The van der Waals surface area contributed by atoms with Gasteiger partial charge in [-0.15, -0.1) is 5.10 Å². The van der Waals surface area contributed by atoms with E-state index in [9.17, 15) is 22.4 Å². The number of amides is 1. The van der Waals surface area contributed by atoms with Crippen molar-refractivity contribution < 1.29 is 22.4 Å². The number of aromatic nitrogens is 5. The molecule has 0 saturated carbocycles. The molecule has 0 bridgehead atoms. The zero-order chi connectivity index (χ0) is 22.0. The van der Waals surface area contributed by atoms with Gasteiger partial charge in [0, 0.05) is 16.8 Å². The zero-order valence-corrected chi connectivity index (χ0v) is 16.5. The highest BCUT2D eigenvalue weighted by Gasteiger charge is 2.39. The third kappa shape index (κ3) is 4.75. The van der Waals surface area contributed by atoms with E-state index in [4.69, 9.17) is 0 Å². The van der Waals surface area contributed by atoms with Crippen LogP contribution in [-0.2, 0) is 36.9 Å². The molecule has 0 unspecified atom stereocenters. The molecule has 0 aliphatic heterocycles. The summed E-state index contributed by atoms with van der Waals surface area (Å²) in [6.45, 7) is -0.253. The van der Waals surface area contributed by atoms with Crippen LogP contribution in [0.15, 0.2) is 30.6 Å². The molecule has 1 aromatic carbocycles. The fourth-order valence-electron chi connectivity index (χ4n) is 3.74. The average molecular weight is 436 g/mol. The first kappa shape index (κ1) is 21.0. The molecule has 4 rings (SSSR count). The van der Waals surface area contributed by atoms with E-state index in [0.29, 0.717) is 30.5 Å². The van der Waals surface area contributed by atoms with Gasteiger partial charge in [-0.3, -0.25) is 14.8 Å². The van der Waals surface area contributed by atoms with E-state index >= 15 is 0 Å². The van der Waals surface area contributed by atoms with Gasteiger partial charge in [0.1, 0.15) is 18.7 Å². The van der Waals surface area contributed by atoms with Crippen LogP contribution in [0.4, 0.5) is 23.5 Å². The number of carbonyl (C=O) groups excluding carboxylic acids is 1. The largest absolute Gasteiger partial charge is 0.435 e.